The minimum atomic E-state index is -0.441. The quantitative estimate of drug-likeness (QED) is 0.546. The van der Waals surface area contributed by atoms with Crippen LogP contribution in [0.2, 0.25) is 0 Å². The molecule has 28 heavy (non-hydrogen) atoms. The van der Waals surface area contributed by atoms with Crippen LogP contribution >= 0.6 is 0 Å². The fraction of sp³-hybridized carbons (Fsp3) is 0.417. The number of carbonyl (C=O) groups excluding carboxylic acids is 2. The summed E-state index contributed by atoms with van der Waals surface area (Å²) in [6.45, 7) is 8.81. The fourth-order valence-electron chi connectivity index (χ4n) is 3.28. The van der Waals surface area contributed by atoms with Gasteiger partial charge in [-0.25, -0.2) is 9.59 Å². The molecular formula is C24H30O4. The van der Waals surface area contributed by atoms with Crippen LogP contribution in [0.3, 0.4) is 0 Å². The summed E-state index contributed by atoms with van der Waals surface area (Å²) in [5, 5.41) is 0. The van der Waals surface area contributed by atoms with Gasteiger partial charge >= 0.3 is 11.9 Å². The van der Waals surface area contributed by atoms with Gasteiger partial charge in [0.2, 0.25) is 0 Å². The van der Waals surface area contributed by atoms with Crippen LogP contribution in [-0.2, 0) is 9.47 Å². The number of esters is 2. The van der Waals surface area contributed by atoms with E-state index in [4.69, 9.17) is 9.47 Å². The predicted octanol–water partition coefficient (Wildman–Crippen LogP) is 5.39. The van der Waals surface area contributed by atoms with Crippen LogP contribution in [0, 0.1) is 17.3 Å². The first-order valence-corrected chi connectivity index (χ1v) is 9.78. The van der Waals surface area contributed by atoms with E-state index in [1.807, 2.05) is 36.4 Å². The predicted molar refractivity (Wildman–Crippen MR) is 110 cm³/mol. The highest BCUT2D eigenvalue weighted by Gasteiger charge is 2.38. The van der Waals surface area contributed by atoms with Gasteiger partial charge in [-0.15, -0.1) is 0 Å². The van der Waals surface area contributed by atoms with Gasteiger partial charge in [0.15, 0.2) is 0 Å². The average Bonchev–Trinajstić information content (AvgIpc) is 2.70. The van der Waals surface area contributed by atoms with Gasteiger partial charge in [0, 0.05) is 5.41 Å². The molecule has 0 radical (unpaired) electrons. The Labute approximate surface area is 167 Å². The molecule has 0 bridgehead atoms. The van der Waals surface area contributed by atoms with Crippen LogP contribution < -0.4 is 0 Å². The Kier molecular flexibility index (Phi) is 7.80. The molecule has 0 amide bonds. The molecule has 2 aromatic carbocycles. The van der Waals surface area contributed by atoms with Crippen molar-refractivity contribution in [3.05, 3.63) is 71.8 Å². The molecular weight excluding hydrogens is 352 g/mol. The van der Waals surface area contributed by atoms with E-state index < -0.39 is 5.41 Å². The minimum absolute atomic E-state index is 0.169. The average molecular weight is 383 g/mol. The molecule has 4 heteroatoms. The van der Waals surface area contributed by atoms with E-state index in [9.17, 15) is 9.59 Å². The molecule has 2 aromatic rings. The highest BCUT2D eigenvalue weighted by molar-refractivity contribution is 5.89. The van der Waals surface area contributed by atoms with Crippen molar-refractivity contribution >= 4 is 11.9 Å². The van der Waals surface area contributed by atoms with Gasteiger partial charge in [0.25, 0.3) is 0 Å². The van der Waals surface area contributed by atoms with Crippen molar-refractivity contribution in [2.45, 2.75) is 34.1 Å². The largest absolute Gasteiger partial charge is 0.461 e. The van der Waals surface area contributed by atoms with Crippen LogP contribution in [0.5, 0.6) is 0 Å². The Hall–Kier alpha value is -2.62. The number of benzene rings is 2. The summed E-state index contributed by atoms with van der Waals surface area (Å²) in [5.74, 6) is -0.178. The molecule has 0 aliphatic rings. The summed E-state index contributed by atoms with van der Waals surface area (Å²) in [5.41, 5.74) is 0.597. The molecule has 4 nitrogen and oxygen atoms in total. The van der Waals surface area contributed by atoms with E-state index in [0.717, 1.165) is 6.42 Å². The third-order valence-corrected chi connectivity index (χ3v) is 5.04. The highest BCUT2D eigenvalue weighted by atomic mass is 16.5. The molecule has 0 saturated heterocycles. The normalized spacial score (nSPS) is 11.5. The maximum Gasteiger partial charge on any atom is 0.338 e. The second-order valence-electron chi connectivity index (χ2n) is 8.00. The molecule has 0 spiro atoms. The third kappa shape index (κ3) is 5.95. The van der Waals surface area contributed by atoms with Gasteiger partial charge in [0.1, 0.15) is 13.2 Å². The number of rotatable bonds is 9. The molecule has 150 valence electrons. The SMILES string of the molecule is CC(C)CC(COC(=O)c1ccccc1)(COC(=O)c1ccccc1)C(C)C. The first-order valence-electron chi connectivity index (χ1n) is 9.78. The lowest BCUT2D eigenvalue weighted by molar-refractivity contribution is -0.0338. The number of ether oxygens (including phenoxy) is 2. The molecule has 0 N–H and O–H groups in total. The van der Waals surface area contributed by atoms with E-state index >= 15 is 0 Å². The molecule has 0 heterocycles. The Morgan fingerprint density at radius 2 is 1.14 bits per heavy atom. The summed E-state index contributed by atoms with van der Waals surface area (Å²) >= 11 is 0. The lowest BCUT2D eigenvalue weighted by Gasteiger charge is -2.38. The first-order chi connectivity index (χ1) is 13.3. The lowest BCUT2D eigenvalue weighted by Crippen LogP contribution is -2.40. The van der Waals surface area contributed by atoms with E-state index in [-0.39, 0.29) is 31.1 Å². The molecule has 2 rings (SSSR count). The summed E-state index contributed by atoms with van der Waals surface area (Å²) in [7, 11) is 0. The van der Waals surface area contributed by atoms with Gasteiger partial charge in [-0.05, 0) is 42.5 Å². The topological polar surface area (TPSA) is 52.6 Å². The number of hydrogen-bond donors (Lipinski definition) is 0. The maximum absolute atomic E-state index is 12.4. The second kappa shape index (κ2) is 10.1. The van der Waals surface area contributed by atoms with E-state index in [0.29, 0.717) is 17.0 Å². The Bertz CT molecular complexity index is 695. The molecule has 0 aliphatic heterocycles. The van der Waals surface area contributed by atoms with Crippen molar-refractivity contribution in [3.8, 4) is 0 Å². The highest BCUT2D eigenvalue weighted by Crippen LogP contribution is 2.36. The number of carbonyl (C=O) groups is 2. The van der Waals surface area contributed by atoms with Crippen LogP contribution in [0.4, 0.5) is 0 Å². The zero-order valence-corrected chi connectivity index (χ0v) is 17.2. The van der Waals surface area contributed by atoms with Crippen molar-refractivity contribution in [2.24, 2.45) is 17.3 Å². The summed E-state index contributed by atoms with van der Waals surface area (Å²) in [6, 6.07) is 17.9. The van der Waals surface area contributed by atoms with Crippen LogP contribution in [0.25, 0.3) is 0 Å². The molecule has 0 aliphatic carbocycles. The van der Waals surface area contributed by atoms with E-state index in [2.05, 4.69) is 27.7 Å². The zero-order chi connectivity index (χ0) is 20.6. The Balaban J connectivity index is 2.12. The molecule has 0 saturated carbocycles. The van der Waals surface area contributed by atoms with E-state index in [1.54, 1.807) is 24.3 Å². The maximum atomic E-state index is 12.4. The molecule has 0 fully saturated rings. The van der Waals surface area contributed by atoms with Gasteiger partial charge in [0.05, 0.1) is 11.1 Å². The smallest absolute Gasteiger partial charge is 0.338 e. The van der Waals surface area contributed by atoms with Gasteiger partial charge in [-0.3, -0.25) is 0 Å². The summed E-state index contributed by atoms with van der Waals surface area (Å²) in [6.07, 6.45) is 0.787. The van der Waals surface area contributed by atoms with Crippen LogP contribution in [0.15, 0.2) is 60.7 Å². The second-order valence-corrected chi connectivity index (χ2v) is 8.00. The van der Waals surface area contributed by atoms with Gasteiger partial charge in [-0.2, -0.15) is 0 Å². The molecule has 0 unspecified atom stereocenters. The van der Waals surface area contributed by atoms with Crippen molar-refractivity contribution in [3.63, 3.8) is 0 Å². The lowest BCUT2D eigenvalue weighted by atomic mass is 9.72. The first kappa shape index (κ1) is 21.7. The Morgan fingerprint density at radius 3 is 1.46 bits per heavy atom. The third-order valence-electron chi connectivity index (χ3n) is 5.04. The van der Waals surface area contributed by atoms with Crippen LogP contribution in [0.1, 0.15) is 54.8 Å². The standard InChI is InChI=1S/C24H30O4/c1-18(2)15-24(19(3)4,16-27-22(25)20-11-7-5-8-12-20)17-28-23(26)21-13-9-6-10-14-21/h5-14,18-19H,15-17H2,1-4H3. The minimum Gasteiger partial charge on any atom is -0.461 e. The summed E-state index contributed by atoms with van der Waals surface area (Å²) < 4.78 is 11.3. The van der Waals surface area contributed by atoms with Gasteiger partial charge in [-0.1, -0.05) is 64.1 Å². The molecule has 0 atom stereocenters. The van der Waals surface area contributed by atoms with Crippen molar-refractivity contribution in [2.75, 3.05) is 13.2 Å². The van der Waals surface area contributed by atoms with Crippen molar-refractivity contribution in [1.82, 2.24) is 0 Å². The van der Waals surface area contributed by atoms with Crippen LogP contribution in [-0.4, -0.2) is 25.2 Å². The number of hydrogen-bond acceptors (Lipinski definition) is 4. The summed E-state index contributed by atoms with van der Waals surface area (Å²) in [4.78, 5) is 24.9. The zero-order valence-electron chi connectivity index (χ0n) is 17.2. The van der Waals surface area contributed by atoms with Crippen molar-refractivity contribution < 1.29 is 19.1 Å². The molecule has 0 aromatic heterocycles. The van der Waals surface area contributed by atoms with Gasteiger partial charge < -0.3 is 9.47 Å². The monoisotopic (exact) mass is 382 g/mol. The fourth-order valence-corrected chi connectivity index (χ4v) is 3.28. The Morgan fingerprint density at radius 1 is 0.750 bits per heavy atom. The van der Waals surface area contributed by atoms with Crippen molar-refractivity contribution in [1.29, 1.82) is 0 Å². The van der Waals surface area contributed by atoms with E-state index in [1.165, 1.54) is 0 Å².